The van der Waals surface area contributed by atoms with Crippen molar-refractivity contribution in [1.82, 2.24) is 0 Å². The van der Waals surface area contributed by atoms with E-state index in [0.29, 0.717) is 22.8 Å². The van der Waals surface area contributed by atoms with Crippen LogP contribution in [0.4, 0.5) is 0 Å². The molecule has 2 nitrogen and oxygen atoms in total. The Bertz CT molecular complexity index is 765. The van der Waals surface area contributed by atoms with Crippen LogP contribution in [0.1, 0.15) is 105 Å². The third-order valence-electron chi connectivity index (χ3n) is 11.4. The smallest absolute Gasteiger partial charge is 0.165 e. The summed E-state index contributed by atoms with van der Waals surface area (Å²) < 4.78 is 0. The number of aliphatic hydroxyl groups is 1. The lowest BCUT2D eigenvalue weighted by molar-refractivity contribution is -0.144. The molecule has 0 radical (unpaired) electrons. The van der Waals surface area contributed by atoms with Crippen LogP contribution in [0, 0.1) is 58.2 Å². The van der Waals surface area contributed by atoms with Crippen molar-refractivity contribution >= 4 is 5.78 Å². The summed E-state index contributed by atoms with van der Waals surface area (Å²) in [7, 11) is 0. The van der Waals surface area contributed by atoms with Crippen molar-refractivity contribution in [2.45, 2.75) is 105 Å². The SMILES string of the molecule is C=CC[C@@H]1C(=O)/C(=C\O)C[C@@]2(C)C1CC[C@H]1[C@@H]3CC[C@H]([C@H](C)CCCC(C)C)[C@@]3(C)CC[C@@H]12. The molecule has 0 aliphatic heterocycles. The number of Topliss-reactive ketones (excluding diaryl/α,β-unsaturated/α-hetero) is 1. The van der Waals surface area contributed by atoms with Gasteiger partial charge in [0.05, 0.1) is 6.26 Å². The lowest BCUT2D eigenvalue weighted by Crippen LogP contribution is -2.56. The van der Waals surface area contributed by atoms with E-state index in [1.807, 2.05) is 6.08 Å². The van der Waals surface area contributed by atoms with Crippen LogP contribution in [-0.2, 0) is 4.79 Å². The van der Waals surface area contributed by atoms with Crippen molar-refractivity contribution in [2.75, 3.05) is 0 Å². The number of fused-ring (bicyclic) bond motifs is 5. The number of ketones is 1. The highest BCUT2D eigenvalue weighted by Gasteiger charge is 2.62. The fourth-order valence-corrected chi connectivity index (χ4v) is 9.91. The quantitative estimate of drug-likeness (QED) is 0.238. The maximum absolute atomic E-state index is 13.1. The van der Waals surface area contributed by atoms with Gasteiger partial charge in [-0.25, -0.2) is 0 Å². The van der Waals surface area contributed by atoms with Gasteiger partial charge in [0.2, 0.25) is 0 Å². The minimum Gasteiger partial charge on any atom is -0.515 e. The first-order valence-corrected chi connectivity index (χ1v) is 14.2. The maximum Gasteiger partial charge on any atom is 0.165 e. The van der Waals surface area contributed by atoms with Gasteiger partial charge in [0, 0.05) is 11.5 Å². The molecule has 33 heavy (non-hydrogen) atoms. The largest absolute Gasteiger partial charge is 0.515 e. The summed E-state index contributed by atoms with van der Waals surface area (Å²) in [5.41, 5.74) is 1.32. The van der Waals surface area contributed by atoms with E-state index >= 15 is 0 Å². The summed E-state index contributed by atoms with van der Waals surface area (Å²) in [4.78, 5) is 13.1. The van der Waals surface area contributed by atoms with Gasteiger partial charge in [0.1, 0.15) is 0 Å². The molecule has 186 valence electrons. The summed E-state index contributed by atoms with van der Waals surface area (Å²) in [5, 5.41) is 9.93. The molecule has 4 aliphatic rings. The Labute approximate surface area is 203 Å². The molecule has 0 aromatic heterocycles. The molecular formula is C31H50O2. The van der Waals surface area contributed by atoms with Crippen LogP contribution in [0.2, 0.25) is 0 Å². The molecule has 1 unspecified atom stereocenters. The molecule has 4 fully saturated rings. The van der Waals surface area contributed by atoms with Gasteiger partial charge in [-0.1, -0.05) is 60.0 Å². The molecule has 4 rings (SSSR count). The van der Waals surface area contributed by atoms with Gasteiger partial charge in [-0.2, -0.15) is 0 Å². The Morgan fingerprint density at radius 1 is 1.00 bits per heavy atom. The van der Waals surface area contributed by atoms with Crippen LogP contribution in [0.3, 0.4) is 0 Å². The van der Waals surface area contributed by atoms with E-state index in [2.05, 4.69) is 41.2 Å². The molecule has 0 spiro atoms. The minimum absolute atomic E-state index is 0.0196. The van der Waals surface area contributed by atoms with E-state index < -0.39 is 0 Å². The lowest BCUT2D eigenvalue weighted by atomic mass is 9.42. The number of rotatable bonds is 7. The van der Waals surface area contributed by atoms with Crippen molar-refractivity contribution in [3.63, 3.8) is 0 Å². The highest BCUT2D eigenvalue weighted by atomic mass is 16.2. The fourth-order valence-electron chi connectivity index (χ4n) is 9.91. The van der Waals surface area contributed by atoms with Crippen molar-refractivity contribution in [1.29, 1.82) is 0 Å². The van der Waals surface area contributed by atoms with E-state index in [1.54, 1.807) is 0 Å². The second-order valence-electron chi connectivity index (χ2n) is 13.4. The van der Waals surface area contributed by atoms with Crippen molar-refractivity contribution in [2.24, 2.45) is 58.2 Å². The zero-order chi connectivity index (χ0) is 24.0. The second kappa shape index (κ2) is 9.54. The molecule has 0 bridgehead atoms. The predicted molar refractivity (Wildman–Crippen MR) is 138 cm³/mol. The summed E-state index contributed by atoms with van der Waals surface area (Å²) in [6, 6.07) is 0. The molecule has 4 aliphatic carbocycles. The zero-order valence-electron chi connectivity index (χ0n) is 22.1. The minimum atomic E-state index is 0.0196. The molecule has 0 heterocycles. The molecule has 0 aromatic carbocycles. The van der Waals surface area contributed by atoms with Crippen molar-refractivity contribution < 1.29 is 9.90 Å². The average molecular weight is 455 g/mol. The highest BCUT2D eigenvalue weighted by Crippen LogP contribution is 2.69. The predicted octanol–water partition coefficient (Wildman–Crippen LogP) is 8.53. The van der Waals surface area contributed by atoms with E-state index in [9.17, 15) is 9.90 Å². The first kappa shape index (κ1) is 25.1. The van der Waals surface area contributed by atoms with Crippen molar-refractivity contribution in [3.8, 4) is 0 Å². The zero-order valence-corrected chi connectivity index (χ0v) is 22.1. The fraction of sp³-hybridized carbons (Fsp3) is 0.839. The van der Waals surface area contributed by atoms with E-state index in [0.717, 1.165) is 48.7 Å². The molecule has 0 aromatic rings. The van der Waals surface area contributed by atoms with Gasteiger partial charge >= 0.3 is 0 Å². The van der Waals surface area contributed by atoms with E-state index in [1.165, 1.54) is 57.8 Å². The summed E-state index contributed by atoms with van der Waals surface area (Å²) in [6.07, 6.45) is 16.7. The van der Waals surface area contributed by atoms with E-state index in [-0.39, 0.29) is 17.1 Å². The Morgan fingerprint density at radius 3 is 2.36 bits per heavy atom. The molecule has 1 N–H and O–H groups in total. The average Bonchev–Trinajstić information content (AvgIpc) is 3.12. The van der Waals surface area contributed by atoms with Crippen LogP contribution in [-0.4, -0.2) is 10.9 Å². The molecule has 4 saturated carbocycles. The summed E-state index contributed by atoms with van der Waals surface area (Å²) in [6.45, 7) is 16.3. The number of carbonyl (C=O) groups is 1. The summed E-state index contributed by atoms with van der Waals surface area (Å²) in [5.74, 6) is 5.55. The first-order valence-electron chi connectivity index (χ1n) is 14.2. The number of hydrogen-bond donors (Lipinski definition) is 1. The van der Waals surface area contributed by atoms with Gasteiger partial charge in [0.15, 0.2) is 5.78 Å². The third kappa shape index (κ3) is 4.16. The van der Waals surface area contributed by atoms with Gasteiger partial charge in [-0.3, -0.25) is 4.79 Å². The number of hydrogen-bond acceptors (Lipinski definition) is 2. The molecule has 2 heteroatoms. The Balaban J connectivity index is 1.54. The van der Waals surface area contributed by atoms with Crippen LogP contribution in [0.5, 0.6) is 0 Å². The first-order chi connectivity index (χ1) is 15.7. The van der Waals surface area contributed by atoms with Gasteiger partial charge < -0.3 is 5.11 Å². The second-order valence-corrected chi connectivity index (χ2v) is 13.4. The third-order valence-corrected chi connectivity index (χ3v) is 11.4. The Hall–Kier alpha value is -1.05. The number of carbonyl (C=O) groups excluding carboxylic acids is 1. The van der Waals surface area contributed by atoms with E-state index in [4.69, 9.17) is 0 Å². The normalized spacial score (nSPS) is 44.9. The number of allylic oxidation sites excluding steroid dienone is 2. The monoisotopic (exact) mass is 454 g/mol. The van der Waals surface area contributed by atoms with Gasteiger partial charge in [0.25, 0.3) is 0 Å². The van der Waals surface area contributed by atoms with Gasteiger partial charge in [-0.15, -0.1) is 6.58 Å². The topological polar surface area (TPSA) is 37.3 Å². The van der Waals surface area contributed by atoms with Crippen LogP contribution < -0.4 is 0 Å². The summed E-state index contributed by atoms with van der Waals surface area (Å²) >= 11 is 0. The van der Waals surface area contributed by atoms with Crippen LogP contribution >= 0.6 is 0 Å². The molecule has 9 atom stereocenters. The molecule has 0 amide bonds. The van der Waals surface area contributed by atoms with Crippen molar-refractivity contribution in [3.05, 3.63) is 24.5 Å². The van der Waals surface area contributed by atoms with Crippen LogP contribution in [0.15, 0.2) is 24.5 Å². The Kier molecular flexibility index (Phi) is 7.24. The molecule has 0 saturated heterocycles. The molecular weight excluding hydrogens is 404 g/mol. The van der Waals surface area contributed by atoms with Crippen LogP contribution in [0.25, 0.3) is 0 Å². The Morgan fingerprint density at radius 2 is 1.70 bits per heavy atom. The highest BCUT2D eigenvalue weighted by molar-refractivity contribution is 5.98. The van der Waals surface area contributed by atoms with Gasteiger partial charge in [-0.05, 0) is 104 Å². The maximum atomic E-state index is 13.1. The lowest BCUT2D eigenvalue weighted by Gasteiger charge is -2.62. The standard InChI is InChI=1S/C31H50O2/c1-7-9-24-27-13-12-23-26-15-14-25(21(4)11-8-10-20(2)3)30(26,5)17-16-28(23)31(27,6)18-22(19-32)29(24)33/h7,19-21,23-28,32H,1,8-18H2,2-6H3/b22-19-/t21-,23+,24+,25-,26+,27?,28+,30-,31+/m1/s1. The number of aliphatic hydroxyl groups excluding tert-OH is 1.